The van der Waals surface area contributed by atoms with Crippen molar-refractivity contribution in [1.82, 2.24) is 10.7 Å². The Morgan fingerprint density at radius 3 is 2.29 bits per heavy atom. The molecule has 0 aliphatic rings. The van der Waals surface area contributed by atoms with Crippen molar-refractivity contribution in [3.63, 3.8) is 0 Å². The largest absolute Gasteiger partial charge is 0.344 e. The maximum absolute atomic E-state index is 11.7. The molecule has 0 bridgehead atoms. The number of hydrogen-bond donors (Lipinski definition) is 2. The quantitative estimate of drug-likeness (QED) is 0.504. The van der Waals surface area contributed by atoms with Gasteiger partial charge in [0.1, 0.15) is 0 Å². The molecule has 2 N–H and O–H groups in total. The Kier molecular flexibility index (Phi) is 6.25. The Balaban J connectivity index is 1.80. The molecule has 0 aromatic heterocycles. The summed E-state index contributed by atoms with van der Waals surface area (Å²) < 4.78 is 0. The number of benzene rings is 2. The van der Waals surface area contributed by atoms with Crippen molar-refractivity contribution < 1.29 is 9.59 Å². The van der Waals surface area contributed by atoms with E-state index in [1.54, 1.807) is 0 Å². The van der Waals surface area contributed by atoms with E-state index in [1.165, 1.54) is 11.8 Å². The molecule has 124 valence electrons. The van der Waals surface area contributed by atoms with Crippen LogP contribution in [0.25, 0.3) is 0 Å². The predicted molar refractivity (Wildman–Crippen MR) is 94.6 cm³/mol. The van der Waals surface area contributed by atoms with Crippen LogP contribution < -0.4 is 10.7 Å². The fraction of sp³-hybridized carbons (Fsp3) is 0.211. The van der Waals surface area contributed by atoms with Gasteiger partial charge in [-0.15, -0.1) is 0 Å². The summed E-state index contributed by atoms with van der Waals surface area (Å²) >= 11 is 0. The number of hydrazone groups is 1. The molecule has 2 amide bonds. The van der Waals surface area contributed by atoms with Gasteiger partial charge in [0.25, 0.3) is 0 Å². The predicted octanol–water partition coefficient (Wildman–Crippen LogP) is 2.58. The van der Waals surface area contributed by atoms with Crippen LogP contribution >= 0.6 is 0 Å². The van der Waals surface area contributed by atoms with E-state index in [1.807, 2.05) is 54.6 Å². The van der Waals surface area contributed by atoms with Crippen LogP contribution in [0.3, 0.4) is 0 Å². The number of carbonyl (C=O) groups is 2. The minimum absolute atomic E-state index is 0.299. The van der Waals surface area contributed by atoms with Crippen molar-refractivity contribution >= 4 is 18.0 Å². The van der Waals surface area contributed by atoms with Gasteiger partial charge in [-0.3, -0.25) is 9.59 Å². The van der Waals surface area contributed by atoms with Crippen molar-refractivity contribution in [2.75, 3.05) is 0 Å². The van der Waals surface area contributed by atoms with Crippen molar-refractivity contribution in [3.8, 4) is 0 Å². The molecule has 2 rings (SSSR count). The number of nitrogens with zero attached hydrogens (tertiary/aromatic N) is 1. The van der Waals surface area contributed by atoms with Gasteiger partial charge in [-0.1, -0.05) is 68.4 Å². The summed E-state index contributed by atoms with van der Waals surface area (Å²) in [5, 5.41) is 6.35. The zero-order valence-electron chi connectivity index (χ0n) is 13.8. The van der Waals surface area contributed by atoms with E-state index in [9.17, 15) is 9.59 Å². The lowest BCUT2D eigenvalue weighted by Crippen LogP contribution is -2.37. The number of carbonyl (C=O) groups excluding carboxylic acids is 2. The summed E-state index contributed by atoms with van der Waals surface area (Å²) in [5.74, 6) is -1.05. The van der Waals surface area contributed by atoms with Crippen LogP contribution in [0.1, 0.15) is 36.5 Å². The van der Waals surface area contributed by atoms with Gasteiger partial charge in [0.05, 0.1) is 6.21 Å². The van der Waals surface area contributed by atoms with E-state index >= 15 is 0 Å². The number of hydrogen-bond acceptors (Lipinski definition) is 3. The van der Waals surface area contributed by atoms with E-state index in [0.29, 0.717) is 12.5 Å². The Morgan fingerprint density at radius 2 is 1.67 bits per heavy atom. The fourth-order valence-electron chi connectivity index (χ4n) is 2.04. The van der Waals surface area contributed by atoms with Gasteiger partial charge in [-0.2, -0.15) is 5.10 Å². The first-order chi connectivity index (χ1) is 11.6. The van der Waals surface area contributed by atoms with Gasteiger partial charge in [-0.25, -0.2) is 5.43 Å². The Labute approximate surface area is 141 Å². The summed E-state index contributed by atoms with van der Waals surface area (Å²) in [6.07, 6.45) is 1.51. The molecule has 0 saturated heterocycles. The fourth-order valence-corrected chi connectivity index (χ4v) is 2.04. The van der Waals surface area contributed by atoms with Crippen LogP contribution in [-0.2, 0) is 16.1 Å². The van der Waals surface area contributed by atoms with Crippen LogP contribution in [-0.4, -0.2) is 18.0 Å². The molecule has 2 aromatic carbocycles. The lowest BCUT2D eigenvalue weighted by Gasteiger charge is -2.05. The highest BCUT2D eigenvalue weighted by Crippen LogP contribution is 2.13. The van der Waals surface area contributed by atoms with Crippen LogP contribution in [0, 0.1) is 0 Å². The second-order valence-corrected chi connectivity index (χ2v) is 5.69. The minimum atomic E-state index is -0.791. The summed E-state index contributed by atoms with van der Waals surface area (Å²) in [6.45, 7) is 4.54. The van der Waals surface area contributed by atoms with E-state index < -0.39 is 11.8 Å². The summed E-state index contributed by atoms with van der Waals surface area (Å²) in [7, 11) is 0. The second-order valence-electron chi connectivity index (χ2n) is 5.69. The SMILES string of the molecule is CC(C)c1ccc(/C=N\NC(=O)C(=O)NCc2ccccc2)cc1. The van der Waals surface area contributed by atoms with E-state index in [-0.39, 0.29) is 0 Å². The molecule has 0 radical (unpaired) electrons. The third-order valence-corrected chi connectivity index (χ3v) is 3.48. The maximum atomic E-state index is 11.7. The topological polar surface area (TPSA) is 70.6 Å². The van der Waals surface area contributed by atoms with Crippen LogP contribution in [0.15, 0.2) is 59.7 Å². The first kappa shape index (κ1) is 17.4. The lowest BCUT2D eigenvalue weighted by atomic mass is 10.0. The Morgan fingerprint density at radius 1 is 1.00 bits per heavy atom. The Hall–Kier alpha value is -2.95. The highest BCUT2D eigenvalue weighted by atomic mass is 16.2. The third-order valence-electron chi connectivity index (χ3n) is 3.48. The van der Waals surface area contributed by atoms with Gasteiger partial charge in [0.15, 0.2) is 0 Å². The zero-order chi connectivity index (χ0) is 17.4. The number of nitrogens with one attached hydrogen (secondary N) is 2. The van der Waals surface area contributed by atoms with E-state index in [4.69, 9.17) is 0 Å². The number of amides is 2. The molecule has 0 saturated carbocycles. The van der Waals surface area contributed by atoms with Gasteiger partial charge < -0.3 is 5.32 Å². The lowest BCUT2D eigenvalue weighted by molar-refractivity contribution is -0.139. The third kappa shape index (κ3) is 5.35. The molecule has 5 heteroatoms. The van der Waals surface area contributed by atoms with Crippen LogP contribution in [0.5, 0.6) is 0 Å². The molecule has 0 heterocycles. The standard InChI is InChI=1S/C19H21N3O2/c1-14(2)17-10-8-16(9-11-17)13-21-22-19(24)18(23)20-12-15-6-4-3-5-7-15/h3-11,13-14H,12H2,1-2H3,(H,20,23)(H,22,24)/b21-13-. The summed E-state index contributed by atoms with van der Waals surface area (Å²) in [4.78, 5) is 23.3. The van der Waals surface area contributed by atoms with E-state index in [2.05, 4.69) is 29.7 Å². The monoisotopic (exact) mass is 323 g/mol. The van der Waals surface area contributed by atoms with Crippen molar-refractivity contribution in [1.29, 1.82) is 0 Å². The molecule has 0 unspecified atom stereocenters. The molecular formula is C19H21N3O2. The van der Waals surface area contributed by atoms with Gasteiger partial charge in [-0.05, 0) is 22.6 Å². The molecule has 0 aliphatic carbocycles. The number of rotatable bonds is 5. The normalized spacial score (nSPS) is 10.8. The molecule has 5 nitrogen and oxygen atoms in total. The molecule has 24 heavy (non-hydrogen) atoms. The molecular weight excluding hydrogens is 302 g/mol. The molecule has 0 fully saturated rings. The van der Waals surface area contributed by atoms with Gasteiger partial charge >= 0.3 is 11.8 Å². The van der Waals surface area contributed by atoms with Crippen molar-refractivity contribution in [3.05, 3.63) is 71.3 Å². The van der Waals surface area contributed by atoms with Crippen LogP contribution in [0.4, 0.5) is 0 Å². The minimum Gasteiger partial charge on any atom is -0.344 e. The smallest absolute Gasteiger partial charge is 0.329 e. The first-order valence-corrected chi connectivity index (χ1v) is 7.81. The molecule has 0 atom stereocenters. The average molecular weight is 323 g/mol. The van der Waals surface area contributed by atoms with Crippen LogP contribution in [0.2, 0.25) is 0 Å². The highest BCUT2D eigenvalue weighted by molar-refractivity contribution is 6.35. The van der Waals surface area contributed by atoms with Gasteiger partial charge in [0.2, 0.25) is 0 Å². The Bertz CT molecular complexity index is 707. The summed E-state index contributed by atoms with van der Waals surface area (Å²) in [5.41, 5.74) is 5.23. The first-order valence-electron chi connectivity index (χ1n) is 7.81. The highest BCUT2D eigenvalue weighted by Gasteiger charge is 2.11. The molecule has 0 aliphatic heterocycles. The molecule has 0 spiro atoms. The van der Waals surface area contributed by atoms with Gasteiger partial charge in [0, 0.05) is 6.54 Å². The van der Waals surface area contributed by atoms with E-state index in [0.717, 1.165) is 11.1 Å². The average Bonchev–Trinajstić information content (AvgIpc) is 2.61. The second kappa shape index (κ2) is 8.62. The molecule has 2 aromatic rings. The van der Waals surface area contributed by atoms with Crippen molar-refractivity contribution in [2.24, 2.45) is 5.10 Å². The zero-order valence-corrected chi connectivity index (χ0v) is 13.8. The summed E-state index contributed by atoms with van der Waals surface area (Å²) in [6, 6.07) is 17.2. The van der Waals surface area contributed by atoms with Crippen molar-refractivity contribution in [2.45, 2.75) is 26.3 Å². The maximum Gasteiger partial charge on any atom is 0.329 e.